The van der Waals surface area contributed by atoms with Crippen LogP contribution in [0.1, 0.15) is 35.4 Å². The van der Waals surface area contributed by atoms with E-state index in [4.69, 9.17) is 0 Å². The summed E-state index contributed by atoms with van der Waals surface area (Å²) in [5.74, 6) is 0.354. The van der Waals surface area contributed by atoms with Crippen molar-refractivity contribution < 1.29 is 4.39 Å². The van der Waals surface area contributed by atoms with Crippen molar-refractivity contribution in [3.05, 3.63) is 58.9 Å². The molecule has 0 radical (unpaired) electrons. The van der Waals surface area contributed by atoms with Crippen LogP contribution >= 0.6 is 0 Å². The average molecular weight is 283 g/mol. The maximum atomic E-state index is 14.1. The zero-order valence-corrected chi connectivity index (χ0v) is 12.7. The molecule has 1 fully saturated rings. The number of hydrogen-bond acceptors (Lipinski definition) is 1. The van der Waals surface area contributed by atoms with Gasteiger partial charge in [-0.2, -0.15) is 0 Å². The highest BCUT2D eigenvalue weighted by molar-refractivity contribution is 5.66. The van der Waals surface area contributed by atoms with Crippen LogP contribution in [-0.2, 0) is 0 Å². The summed E-state index contributed by atoms with van der Waals surface area (Å²) in [5, 5.41) is 3.37. The molecule has 1 aliphatic heterocycles. The van der Waals surface area contributed by atoms with Crippen LogP contribution in [-0.4, -0.2) is 13.1 Å². The lowest BCUT2D eigenvalue weighted by atomic mass is 9.88. The van der Waals surface area contributed by atoms with Gasteiger partial charge < -0.3 is 5.32 Å². The van der Waals surface area contributed by atoms with Crippen LogP contribution in [0.25, 0.3) is 11.1 Å². The SMILES string of the molecule is Cc1cc(C)cc(-c2cc(F)cc(C3CCNCC3)c2)c1. The van der Waals surface area contributed by atoms with Crippen LogP contribution in [0.15, 0.2) is 36.4 Å². The summed E-state index contributed by atoms with van der Waals surface area (Å²) in [5.41, 5.74) is 5.69. The number of piperidine rings is 1. The van der Waals surface area contributed by atoms with Crippen molar-refractivity contribution in [1.29, 1.82) is 0 Å². The molecule has 0 atom stereocenters. The molecule has 1 saturated heterocycles. The lowest BCUT2D eigenvalue weighted by Gasteiger charge is -2.23. The van der Waals surface area contributed by atoms with Crippen LogP contribution < -0.4 is 5.32 Å². The van der Waals surface area contributed by atoms with Gasteiger partial charge >= 0.3 is 0 Å². The first kappa shape index (κ1) is 14.3. The van der Waals surface area contributed by atoms with Gasteiger partial charge in [-0.15, -0.1) is 0 Å². The Morgan fingerprint density at radius 3 is 2.14 bits per heavy atom. The first-order chi connectivity index (χ1) is 10.1. The van der Waals surface area contributed by atoms with Gasteiger partial charge in [-0.25, -0.2) is 4.39 Å². The minimum atomic E-state index is -0.125. The minimum Gasteiger partial charge on any atom is -0.317 e. The Bertz CT molecular complexity index is 622. The van der Waals surface area contributed by atoms with Crippen molar-refractivity contribution in [2.45, 2.75) is 32.6 Å². The highest BCUT2D eigenvalue weighted by atomic mass is 19.1. The Balaban J connectivity index is 2.00. The Hall–Kier alpha value is -1.67. The molecule has 1 N–H and O–H groups in total. The predicted molar refractivity (Wildman–Crippen MR) is 86.2 cm³/mol. The second-order valence-corrected chi connectivity index (χ2v) is 6.17. The molecule has 2 aromatic rings. The minimum absolute atomic E-state index is 0.125. The topological polar surface area (TPSA) is 12.0 Å². The fourth-order valence-corrected chi connectivity index (χ4v) is 3.31. The molecule has 21 heavy (non-hydrogen) atoms. The molecule has 3 rings (SSSR count). The van der Waals surface area contributed by atoms with Crippen molar-refractivity contribution in [2.75, 3.05) is 13.1 Å². The third kappa shape index (κ3) is 3.33. The summed E-state index contributed by atoms with van der Waals surface area (Å²) in [4.78, 5) is 0. The van der Waals surface area contributed by atoms with Gasteiger partial charge in [0.25, 0.3) is 0 Å². The molecule has 0 bridgehead atoms. The van der Waals surface area contributed by atoms with Gasteiger partial charge in [0.15, 0.2) is 0 Å². The molecule has 0 aromatic heterocycles. The Labute approximate surface area is 126 Å². The van der Waals surface area contributed by atoms with Crippen molar-refractivity contribution in [3.8, 4) is 11.1 Å². The lowest BCUT2D eigenvalue weighted by molar-refractivity contribution is 0.458. The number of hydrogen-bond donors (Lipinski definition) is 1. The number of nitrogens with one attached hydrogen (secondary N) is 1. The van der Waals surface area contributed by atoms with Crippen molar-refractivity contribution in [2.24, 2.45) is 0 Å². The molecule has 0 spiro atoms. The Kier molecular flexibility index (Phi) is 4.07. The number of benzene rings is 2. The largest absolute Gasteiger partial charge is 0.317 e. The average Bonchev–Trinajstić information content (AvgIpc) is 2.46. The number of aryl methyl sites for hydroxylation is 2. The summed E-state index contributed by atoms with van der Waals surface area (Å²) < 4.78 is 14.1. The summed E-state index contributed by atoms with van der Waals surface area (Å²) in [6.07, 6.45) is 2.19. The Morgan fingerprint density at radius 1 is 0.857 bits per heavy atom. The van der Waals surface area contributed by atoms with Crippen LogP contribution in [0.3, 0.4) is 0 Å². The zero-order valence-electron chi connectivity index (χ0n) is 12.7. The Morgan fingerprint density at radius 2 is 1.48 bits per heavy atom. The van der Waals surface area contributed by atoms with E-state index < -0.39 is 0 Å². The molecule has 2 heteroatoms. The van der Waals surface area contributed by atoms with Crippen molar-refractivity contribution in [1.82, 2.24) is 5.32 Å². The van der Waals surface area contributed by atoms with E-state index in [1.165, 1.54) is 11.1 Å². The maximum Gasteiger partial charge on any atom is 0.124 e. The molecule has 1 nitrogen and oxygen atoms in total. The predicted octanol–water partition coefficient (Wildman–Crippen LogP) is 4.58. The van der Waals surface area contributed by atoms with Crippen LogP contribution in [0.2, 0.25) is 0 Å². The molecule has 0 aliphatic carbocycles. The van der Waals surface area contributed by atoms with Gasteiger partial charge in [-0.3, -0.25) is 0 Å². The van der Waals surface area contributed by atoms with Gasteiger partial charge in [0.2, 0.25) is 0 Å². The molecule has 0 unspecified atom stereocenters. The monoisotopic (exact) mass is 283 g/mol. The fraction of sp³-hybridized carbons (Fsp3) is 0.368. The van der Waals surface area contributed by atoms with E-state index in [1.54, 1.807) is 12.1 Å². The molecule has 0 saturated carbocycles. The molecule has 110 valence electrons. The lowest BCUT2D eigenvalue weighted by Crippen LogP contribution is -2.26. The van der Waals surface area contributed by atoms with Gasteiger partial charge in [-0.1, -0.05) is 35.4 Å². The van der Waals surface area contributed by atoms with E-state index in [0.29, 0.717) is 5.92 Å². The van der Waals surface area contributed by atoms with E-state index in [9.17, 15) is 4.39 Å². The quantitative estimate of drug-likeness (QED) is 0.851. The third-order valence-corrected chi connectivity index (χ3v) is 4.29. The molecule has 0 amide bonds. The van der Waals surface area contributed by atoms with Crippen LogP contribution in [0.4, 0.5) is 4.39 Å². The fourth-order valence-electron chi connectivity index (χ4n) is 3.31. The van der Waals surface area contributed by atoms with Gasteiger partial charge in [0, 0.05) is 0 Å². The smallest absolute Gasteiger partial charge is 0.124 e. The van der Waals surface area contributed by atoms with E-state index in [1.807, 2.05) is 0 Å². The molecular weight excluding hydrogens is 261 g/mol. The van der Waals surface area contributed by atoms with Crippen LogP contribution in [0.5, 0.6) is 0 Å². The second kappa shape index (κ2) is 5.98. The standard InChI is InChI=1S/C19H22FN/c1-13-7-14(2)9-16(8-13)18-10-17(11-19(20)12-18)15-3-5-21-6-4-15/h7-12,15,21H,3-6H2,1-2H3. The van der Waals surface area contributed by atoms with E-state index >= 15 is 0 Å². The highest BCUT2D eigenvalue weighted by Gasteiger charge is 2.17. The van der Waals surface area contributed by atoms with E-state index in [2.05, 4.69) is 43.4 Å². The summed E-state index contributed by atoms with van der Waals surface area (Å²) in [7, 11) is 0. The molecule has 2 aromatic carbocycles. The van der Waals surface area contributed by atoms with E-state index in [-0.39, 0.29) is 5.82 Å². The van der Waals surface area contributed by atoms with E-state index in [0.717, 1.165) is 42.6 Å². The summed E-state index contributed by atoms with van der Waals surface area (Å²) >= 11 is 0. The molecular formula is C19H22FN. The van der Waals surface area contributed by atoms with Crippen molar-refractivity contribution in [3.63, 3.8) is 0 Å². The van der Waals surface area contributed by atoms with Gasteiger partial charge in [0.05, 0.1) is 0 Å². The summed E-state index contributed by atoms with van der Waals surface area (Å²) in [6.45, 7) is 6.23. The van der Waals surface area contributed by atoms with Crippen LogP contribution in [0, 0.1) is 19.7 Å². The van der Waals surface area contributed by atoms with Gasteiger partial charge in [0.1, 0.15) is 5.82 Å². The first-order valence-electron chi connectivity index (χ1n) is 7.72. The third-order valence-electron chi connectivity index (χ3n) is 4.29. The summed E-state index contributed by atoms with van der Waals surface area (Å²) in [6, 6.07) is 12.0. The normalized spacial score (nSPS) is 16.1. The molecule has 1 heterocycles. The second-order valence-electron chi connectivity index (χ2n) is 6.17. The number of halogens is 1. The molecule has 1 aliphatic rings. The first-order valence-corrected chi connectivity index (χ1v) is 7.72. The van der Waals surface area contributed by atoms with Crippen molar-refractivity contribution >= 4 is 0 Å². The number of rotatable bonds is 2. The highest BCUT2D eigenvalue weighted by Crippen LogP contribution is 2.31. The maximum absolute atomic E-state index is 14.1. The van der Waals surface area contributed by atoms with Gasteiger partial charge in [-0.05, 0) is 74.5 Å². The zero-order chi connectivity index (χ0) is 14.8.